The van der Waals surface area contributed by atoms with Crippen LogP contribution in [0.15, 0.2) is 18.2 Å². The van der Waals surface area contributed by atoms with E-state index in [0.29, 0.717) is 5.02 Å². The number of rotatable bonds is 6. The number of benzene rings is 1. The van der Waals surface area contributed by atoms with E-state index in [0.717, 1.165) is 0 Å². The molecule has 1 fully saturated rings. The molecule has 25 heavy (non-hydrogen) atoms. The first-order valence-electron chi connectivity index (χ1n) is 7.29. The SMILES string of the molecule is CO[C@H]1O[C@H](COC(=O)COc2ccc(Cl)cc2Cl)[C@@H](O)[C@H](O)[C@H]1O. The van der Waals surface area contributed by atoms with Gasteiger partial charge >= 0.3 is 5.97 Å². The van der Waals surface area contributed by atoms with Crippen LogP contribution < -0.4 is 4.74 Å². The number of methoxy groups -OCH3 is 1. The largest absolute Gasteiger partial charge is 0.480 e. The number of hydrogen-bond acceptors (Lipinski definition) is 8. The molecule has 0 spiro atoms. The zero-order chi connectivity index (χ0) is 18.6. The van der Waals surface area contributed by atoms with Crippen LogP contribution in [-0.4, -0.2) is 72.3 Å². The molecule has 140 valence electrons. The van der Waals surface area contributed by atoms with Crippen molar-refractivity contribution in [1.29, 1.82) is 0 Å². The third-order valence-electron chi connectivity index (χ3n) is 3.55. The maximum absolute atomic E-state index is 11.7. The van der Waals surface area contributed by atoms with Gasteiger partial charge in [-0.05, 0) is 18.2 Å². The summed E-state index contributed by atoms with van der Waals surface area (Å²) >= 11 is 11.7. The first-order chi connectivity index (χ1) is 11.8. The molecule has 3 N–H and O–H groups in total. The summed E-state index contributed by atoms with van der Waals surface area (Å²) in [6.45, 7) is -0.787. The van der Waals surface area contributed by atoms with Crippen molar-refractivity contribution in [2.45, 2.75) is 30.7 Å². The van der Waals surface area contributed by atoms with E-state index in [1.54, 1.807) is 6.07 Å². The molecular weight excluding hydrogens is 379 g/mol. The van der Waals surface area contributed by atoms with E-state index in [4.69, 9.17) is 42.1 Å². The standard InChI is InChI=1S/C15H18Cl2O8/c1-22-15-14(21)13(20)12(19)10(25-15)5-24-11(18)6-23-9-3-2-7(16)4-8(9)17/h2-4,10,12-15,19-21H,5-6H2,1H3/t10-,12-,13+,14-,15+/m1/s1. The van der Waals surface area contributed by atoms with Crippen LogP contribution in [0.1, 0.15) is 0 Å². The lowest BCUT2D eigenvalue weighted by Gasteiger charge is -2.39. The lowest BCUT2D eigenvalue weighted by atomic mass is 9.99. The Morgan fingerprint density at radius 2 is 1.92 bits per heavy atom. The van der Waals surface area contributed by atoms with Gasteiger partial charge < -0.3 is 34.3 Å². The molecule has 1 aliphatic rings. The second kappa shape index (κ2) is 9.00. The summed E-state index contributed by atoms with van der Waals surface area (Å²) in [7, 11) is 1.27. The zero-order valence-corrected chi connectivity index (χ0v) is 14.7. The Labute approximate surface area is 153 Å². The topological polar surface area (TPSA) is 115 Å². The molecule has 0 amide bonds. The Morgan fingerprint density at radius 3 is 2.56 bits per heavy atom. The van der Waals surface area contributed by atoms with Crippen LogP contribution in [0.3, 0.4) is 0 Å². The summed E-state index contributed by atoms with van der Waals surface area (Å²) in [6.07, 6.45) is -6.56. The second-order valence-corrected chi connectivity index (χ2v) is 6.14. The van der Waals surface area contributed by atoms with Crippen LogP contribution in [-0.2, 0) is 19.0 Å². The van der Waals surface area contributed by atoms with Gasteiger partial charge in [-0.25, -0.2) is 4.79 Å². The lowest BCUT2D eigenvalue weighted by molar-refractivity contribution is -0.295. The van der Waals surface area contributed by atoms with Gasteiger partial charge in [-0.3, -0.25) is 0 Å². The predicted molar refractivity (Wildman–Crippen MR) is 86.6 cm³/mol. The van der Waals surface area contributed by atoms with Crippen molar-refractivity contribution in [2.24, 2.45) is 0 Å². The maximum atomic E-state index is 11.7. The summed E-state index contributed by atoms with van der Waals surface area (Å²) in [4.78, 5) is 11.7. The Balaban J connectivity index is 1.82. The number of ether oxygens (including phenoxy) is 4. The van der Waals surface area contributed by atoms with Gasteiger partial charge in [0.1, 0.15) is 36.8 Å². The van der Waals surface area contributed by atoms with Crippen molar-refractivity contribution in [3.8, 4) is 5.75 Å². The molecule has 2 rings (SSSR count). The Hall–Kier alpha value is -1.13. The molecule has 1 aromatic rings. The highest BCUT2D eigenvalue weighted by Gasteiger charge is 2.44. The van der Waals surface area contributed by atoms with Gasteiger partial charge in [0.05, 0.1) is 5.02 Å². The summed E-state index contributed by atoms with van der Waals surface area (Å²) < 4.78 is 20.3. The van der Waals surface area contributed by atoms with Gasteiger partial charge in [0.25, 0.3) is 0 Å². The fourth-order valence-corrected chi connectivity index (χ4v) is 2.66. The predicted octanol–water partition coefficient (Wildman–Crippen LogP) is 0.369. The third-order valence-corrected chi connectivity index (χ3v) is 4.08. The number of hydrogen-bond donors (Lipinski definition) is 3. The average Bonchev–Trinajstić information content (AvgIpc) is 2.58. The minimum atomic E-state index is -1.49. The second-order valence-electron chi connectivity index (χ2n) is 5.30. The van der Waals surface area contributed by atoms with Crippen LogP contribution >= 0.6 is 23.2 Å². The van der Waals surface area contributed by atoms with Crippen LogP contribution in [0, 0.1) is 0 Å². The molecule has 1 aromatic carbocycles. The molecule has 0 unspecified atom stereocenters. The first kappa shape index (κ1) is 20.2. The molecule has 1 saturated heterocycles. The number of aliphatic hydroxyl groups is 3. The van der Waals surface area contributed by atoms with Crippen molar-refractivity contribution >= 4 is 29.2 Å². The summed E-state index contributed by atoms with van der Waals surface area (Å²) in [5.41, 5.74) is 0. The number of carbonyl (C=O) groups excluding carboxylic acids is 1. The minimum Gasteiger partial charge on any atom is -0.480 e. The van der Waals surface area contributed by atoms with E-state index in [1.165, 1.54) is 19.2 Å². The molecule has 0 aliphatic carbocycles. The van der Waals surface area contributed by atoms with E-state index < -0.39 is 43.3 Å². The molecule has 1 heterocycles. The fourth-order valence-electron chi connectivity index (χ4n) is 2.19. The molecule has 0 saturated carbocycles. The van der Waals surface area contributed by atoms with Crippen molar-refractivity contribution in [3.05, 3.63) is 28.2 Å². The highest BCUT2D eigenvalue weighted by atomic mass is 35.5. The van der Waals surface area contributed by atoms with Crippen LogP contribution in [0.5, 0.6) is 5.75 Å². The fraction of sp³-hybridized carbons (Fsp3) is 0.533. The minimum absolute atomic E-state index is 0.242. The Morgan fingerprint density at radius 1 is 1.20 bits per heavy atom. The van der Waals surface area contributed by atoms with E-state index >= 15 is 0 Å². The van der Waals surface area contributed by atoms with Crippen LogP contribution in [0.2, 0.25) is 10.0 Å². The molecule has 1 aliphatic heterocycles. The summed E-state index contributed by atoms with van der Waals surface area (Å²) in [5, 5.41) is 29.9. The highest BCUT2D eigenvalue weighted by Crippen LogP contribution is 2.27. The van der Waals surface area contributed by atoms with Gasteiger partial charge in [-0.2, -0.15) is 0 Å². The molecule has 0 radical (unpaired) electrons. The van der Waals surface area contributed by atoms with E-state index in [-0.39, 0.29) is 17.4 Å². The number of halogens is 2. The van der Waals surface area contributed by atoms with Gasteiger partial charge in [0.15, 0.2) is 12.9 Å². The number of carbonyl (C=O) groups is 1. The maximum Gasteiger partial charge on any atom is 0.344 e. The molecule has 0 bridgehead atoms. The van der Waals surface area contributed by atoms with Gasteiger partial charge in [-0.15, -0.1) is 0 Å². The average molecular weight is 397 g/mol. The number of aliphatic hydroxyl groups excluding tert-OH is 3. The molecule has 5 atom stereocenters. The molecule has 10 heteroatoms. The van der Waals surface area contributed by atoms with Crippen molar-refractivity contribution < 1.29 is 39.1 Å². The van der Waals surface area contributed by atoms with E-state index in [2.05, 4.69) is 0 Å². The molecule has 8 nitrogen and oxygen atoms in total. The molecular formula is C15H18Cl2O8. The van der Waals surface area contributed by atoms with E-state index in [1.807, 2.05) is 0 Å². The zero-order valence-electron chi connectivity index (χ0n) is 13.2. The molecule has 0 aromatic heterocycles. The Bertz CT molecular complexity index is 597. The van der Waals surface area contributed by atoms with Crippen molar-refractivity contribution in [3.63, 3.8) is 0 Å². The van der Waals surface area contributed by atoms with Crippen LogP contribution in [0.25, 0.3) is 0 Å². The van der Waals surface area contributed by atoms with Crippen molar-refractivity contribution in [1.82, 2.24) is 0 Å². The van der Waals surface area contributed by atoms with Gasteiger partial charge in [0.2, 0.25) is 0 Å². The lowest BCUT2D eigenvalue weighted by Crippen LogP contribution is -2.59. The van der Waals surface area contributed by atoms with Crippen molar-refractivity contribution in [2.75, 3.05) is 20.3 Å². The monoisotopic (exact) mass is 396 g/mol. The highest BCUT2D eigenvalue weighted by molar-refractivity contribution is 6.35. The van der Waals surface area contributed by atoms with E-state index in [9.17, 15) is 20.1 Å². The number of esters is 1. The Kier molecular flexibility index (Phi) is 7.26. The normalized spacial score (nSPS) is 29.3. The third kappa shape index (κ3) is 5.18. The van der Waals surface area contributed by atoms with Crippen LogP contribution in [0.4, 0.5) is 0 Å². The summed E-state index contributed by atoms with van der Waals surface area (Å²) in [5.74, 6) is -0.480. The van der Waals surface area contributed by atoms with Gasteiger partial charge in [-0.1, -0.05) is 23.2 Å². The first-order valence-corrected chi connectivity index (χ1v) is 8.05. The summed E-state index contributed by atoms with van der Waals surface area (Å²) in [6, 6.07) is 4.53. The smallest absolute Gasteiger partial charge is 0.344 e. The quantitative estimate of drug-likeness (QED) is 0.590. The van der Waals surface area contributed by atoms with Gasteiger partial charge in [0, 0.05) is 12.1 Å².